The minimum atomic E-state index is -0.339. The topological polar surface area (TPSA) is 26.3 Å². The molecule has 2 nitrogen and oxygen atoms in total. The number of rotatable bonds is 4. The molecule has 0 aromatic heterocycles. The molecule has 0 N–H and O–H groups in total. The lowest BCUT2D eigenvalue weighted by molar-refractivity contribution is 0.0990. The highest BCUT2D eigenvalue weighted by molar-refractivity contribution is 9.10. The van der Waals surface area contributed by atoms with E-state index in [0.29, 0.717) is 15.8 Å². The van der Waals surface area contributed by atoms with E-state index in [-0.39, 0.29) is 18.0 Å². The number of halogens is 2. The molecule has 0 amide bonds. The molecule has 0 atom stereocenters. The average molecular weight is 337 g/mol. The van der Waals surface area contributed by atoms with E-state index in [1.54, 1.807) is 25.3 Å². The normalized spacial score (nSPS) is 10.4. The molecule has 4 heteroatoms. The number of hydrogen-bond donors (Lipinski definition) is 0. The Morgan fingerprint density at radius 2 is 2.00 bits per heavy atom. The minimum Gasteiger partial charge on any atom is -0.496 e. The number of aryl methyl sites for hydroxylation is 1. The molecule has 0 fully saturated rings. The van der Waals surface area contributed by atoms with Gasteiger partial charge in [0.2, 0.25) is 0 Å². The van der Waals surface area contributed by atoms with Gasteiger partial charge in [0.15, 0.2) is 5.78 Å². The Bertz CT molecular complexity index is 653. The second-order valence-corrected chi connectivity index (χ2v) is 5.41. The van der Waals surface area contributed by atoms with Gasteiger partial charge >= 0.3 is 0 Å². The van der Waals surface area contributed by atoms with Crippen LogP contribution in [-0.2, 0) is 6.42 Å². The van der Waals surface area contributed by atoms with Crippen LogP contribution in [0.5, 0.6) is 5.75 Å². The third-order valence-corrected chi connectivity index (χ3v) is 3.61. The van der Waals surface area contributed by atoms with E-state index >= 15 is 0 Å². The molecule has 0 radical (unpaired) electrons. The first-order chi connectivity index (χ1) is 9.51. The highest BCUT2D eigenvalue weighted by Gasteiger charge is 2.13. The van der Waals surface area contributed by atoms with Crippen molar-refractivity contribution in [3.05, 3.63) is 63.4 Å². The zero-order valence-corrected chi connectivity index (χ0v) is 12.8. The van der Waals surface area contributed by atoms with Crippen LogP contribution in [-0.4, -0.2) is 12.9 Å². The molecule has 104 valence electrons. The third-order valence-electron chi connectivity index (χ3n) is 3.01. The van der Waals surface area contributed by atoms with Gasteiger partial charge in [-0.3, -0.25) is 4.79 Å². The van der Waals surface area contributed by atoms with Crippen LogP contribution in [0, 0.1) is 12.7 Å². The van der Waals surface area contributed by atoms with Gasteiger partial charge in [-0.15, -0.1) is 0 Å². The quantitative estimate of drug-likeness (QED) is 0.776. The summed E-state index contributed by atoms with van der Waals surface area (Å²) in [4.78, 5) is 12.3. The number of methoxy groups -OCH3 is 1. The monoisotopic (exact) mass is 336 g/mol. The largest absolute Gasteiger partial charge is 0.496 e. The second kappa shape index (κ2) is 6.18. The summed E-state index contributed by atoms with van der Waals surface area (Å²) in [6.45, 7) is 1.94. The first kappa shape index (κ1) is 14.7. The summed E-state index contributed by atoms with van der Waals surface area (Å²) in [7, 11) is 1.54. The zero-order chi connectivity index (χ0) is 14.7. The summed E-state index contributed by atoms with van der Waals surface area (Å²) in [6, 6.07) is 10.0. The van der Waals surface area contributed by atoms with Gasteiger partial charge in [-0.2, -0.15) is 0 Å². The van der Waals surface area contributed by atoms with Crippen molar-refractivity contribution in [2.75, 3.05) is 7.11 Å². The number of carbonyl (C=O) groups excluding carboxylic acids is 1. The molecule has 0 bridgehead atoms. The average Bonchev–Trinajstić information content (AvgIpc) is 2.42. The molecule has 0 aliphatic carbocycles. The number of carbonyl (C=O) groups is 1. The molecule has 0 unspecified atom stereocenters. The van der Waals surface area contributed by atoms with Crippen LogP contribution < -0.4 is 4.74 Å². The van der Waals surface area contributed by atoms with E-state index in [9.17, 15) is 9.18 Å². The maximum Gasteiger partial charge on any atom is 0.170 e. The lowest BCUT2D eigenvalue weighted by atomic mass is 10.0. The van der Waals surface area contributed by atoms with Gasteiger partial charge in [0.05, 0.1) is 17.1 Å². The summed E-state index contributed by atoms with van der Waals surface area (Å²) < 4.78 is 18.8. The fourth-order valence-electron chi connectivity index (χ4n) is 1.96. The van der Waals surface area contributed by atoms with Crippen LogP contribution in [0.2, 0.25) is 0 Å². The Labute approximate surface area is 125 Å². The van der Waals surface area contributed by atoms with Gasteiger partial charge in [-0.25, -0.2) is 4.39 Å². The summed E-state index contributed by atoms with van der Waals surface area (Å²) in [5.41, 5.74) is 2.33. The van der Waals surface area contributed by atoms with E-state index in [2.05, 4.69) is 15.9 Å². The predicted octanol–water partition coefficient (Wildman–Crippen LogP) is 4.33. The molecular formula is C16H14BrFO2. The highest BCUT2D eigenvalue weighted by atomic mass is 79.9. The van der Waals surface area contributed by atoms with Crippen LogP contribution in [0.1, 0.15) is 21.5 Å². The first-order valence-corrected chi connectivity index (χ1v) is 6.92. The maximum atomic E-state index is 13.2. The van der Waals surface area contributed by atoms with Gasteiger partial charge in [-0.1, -0.05) is 12.1 Å². The van der Waals surface area contributed by atoms with E-state index in [0.717, 1.165) is 11.1 Å². The van der Waals surface area contributed by atoms with Crippen LogP contribution in [0.4, 0.5) is 4.39 Å². The van der Waals surface area contributed by atoms with Crippen molar-refractivity contribution >= 4 is 21.7 Å². The van der Waals surface area contributed by atoms with Crippen LogP contribution in [0.15, 0.2) is 40.9 Å². The van der Waals surface area contributed by atoms with Crippen LogP contribution in [0.25, 0.3) is 0 Å². The van der Waals surface area contributed by atoms with Gasteiger partial charge in [0.25, 0.3) is 0 Å². The molecule has 0 saturated carbocycles. The van der Waals surface area contributed by atoms with Crippen molar-refractivity contribution in [2.24, 2.45) is 0 Å². The smallest absolute Gasteiger partial charge is 0.170 e. The lowest BCUT2D eigenvalue weighted by Gasteiger charge is -2.09. The minimum absolute atomic E-state index is 0.0552. The van der Waals surface area contributed by atoms with E-state index in [1.807, 2.05) is 19.1 Å². The van der Waals surface area contributed by atoms with Crippen molar-refractivity contribution in [3.8, 4) is 5.75 Å². The molecule has 0 aliphatic rings. The summed E-state index contributed by atoms with van der Waals surface area (Å²) >= 11 is 3.12. The van der Waals surface area contributed by atoms with Gasteiger partial charge in [-0.05, 0) is 58.2 Å². The third kappa shape index (κ3) is 3.25. The molecule has 2 rings (SSSR count). The van der Waals surface area contributed by atoms with Crippen molar-refractivity contribution in [3.63, 3.8) is 0 Å². The molecule has 0 saturated heterocycles. The number of benzene rings is 2. The zero-order valence-electron chi connectivity index (χ0n) is 11.2. The Balaban J connectivity index is 2.25. The fraction of sp³-hybridized carbons (Fsp3) is 0.188. The van der Waals surface area contributed by atoms with E-state index < -0.39 is 0 Å². The molecule has 0 spiro atoms. The highest BCUT2D eigenvalue weighted by Crippen LogP contribution is 2.23. The Kier molecular flexibility index (Phi) is 4.55. The standard InChI is InChI=1S/C16H14BrFO2/c1-10-3-5-12(16(7-10)20-2)15(19)9-11-4-6-14(18)13(17)8-11/h3-8H,9H2,1-2H3. The van der Waals surface area contributed by atoms with Gasteiger partial charge in [0, 0.05) is 6.42 Å². The van der Waals surface area contributed by atoms with E-state index in [1.165, 1.54) is 6.07 Å². The van der Waals surface area contributed by atoms with Crippen molar-refractivity contribution < 1.29 is 13.9 Å². The Morgan fingerprint density at radius 3 is 2.65 bits per heavy atom. The van der Waals surface area contributed by atoms with E-state index in [4.69, 9.17) is 4.74 Å². The molecule has 2 aromatic carbocycles. The molecular weight excluding hydrogens is 323 g/mol. The molecule has 20 heavy (non-hydrogen) atoms. The fourth-order valence-corrected chi connectivity index (χ4v) is 2.39. The summed E-state index contributed by atoms with van der Waals surface area (Å²) in [5.74, 6) is 0.172. The number of Topliss-reactive ketones (excluding diaryl/α,β-unsaturated/α-hetero) is 1. The predicted molar refractivity (Wildman–Crippen MR) is 79.9 cm³/mol. The summed E-state index contributed by atoms with van der Waals surface area (Å²) in [5, 5.41) is 0. The van der Waals surface area contributed by atoms with Crippen LogP contribution in [0.3, 0.4) is 0 Å². The Morgan fingerprint density at radius 1 is 1.25 bits per heavy atom. The number of ether oxygens (including phenoxy) is 1. The van der Waals surface area contributed by atoms with Crippen LogP contribution >= 0.6 is 15.9 Å². The number of hydrogen-bond acceptors (Lipinski definition) is 2. The first-order valence-electron chi connectivity index (χ1n) is 6.13. The molecule has 0 heterocycles. The Hall–Kier alpha value is -1.68. The molecule has 0 aliphatic heterocycles. The van der Waals surface area contributed by atoms with Gasteiger partial charge < -0.3 is 4.74 Å². The van der Waals surface area contributed by atoms with Crippen molar-refractivity contribution in [2.45, 2.75) is 13.3 Å². The van der Waals surface area contributed by atoms with Gasteiger partial charge in [0.1, 0.15) is 11.6 Å². The summed E-state index contributed by atoms with van der Waals surface area (Å²) in [6.07, 6.45) is 0.207. The number of ketones is 1. The second-order valence-electron chi connectivity index (χ2n) is 4.55. The maximum absolute atomic E-state index is 13.2. The van der Waals surface area contributed by atoms with Crippen molar-refractivity contribution in [1.82, 2.24) is 0 Å². The van der Waals surface area contributed by atoms with Crippen molar-refractivity contribution in [1.29, 1.82) is 0 Å². The SMILES string of the molecule is COc1cc(C)ccc1C(=O)Cc1ccc(F)c(Br)c1. The lowest BCUT2D eigenvalue weighted by Crippen LogP contribution is -2.06. The molecule has 2 aromatic rings.